The SMILES string of the molecule is CCS(=O)(=O)c1ccc2c(c1)N(Cc1nc(-c3cccc(F)c3)no1)C(=O)CO2. The second kappa shape index (κ2) is 7.28. The predicted molar refractivity (Wildman–Crippen MR) is 101 cm³/mol. The molecule has 1 aliphatic heterocycles. The zero-order valence-corrected chi connectivity index (χ0v) is 16.1. The number of amides is 1. The van der Waals surface area contributed by atoms with E-state index in [1.54, 1.807) is 13.0 Å². The Hall–Kier alpha value is -3.27. The van der Waals surface area contributed by atoms with Crippen LogP contribution in [0, 0.1) is 5.82 Å². The van der Waals surface area contributed by atoms with Crippen molar-refractivity contribution in [2.24, 2.45) is 0 Å². The largest absolute Gasteiger partial charge is 0.482 e. The highest BCUT2D eigenvalue weighted by atomic mass is 32.2. The van der Waals surface area contributed by atoms with E-state index in [9.17, 15) is 17.6 Å². The third-order valence-corrected chi connectivity index (χ3v) is 6.19. The molecule has 3 aromatic rings. The molecular formula is C19H16FN3O5S. The average molecular weight is 417 g/mol. The molecule has 1 aliphatic rings. The molecule has 0 unspecified atom stereocenters. The number of benzene rings is 2. The van der Waals surface area contributed by atoms with Crippen molar-refractivity contribution in [1.29, 1.82) is 0 Å². The number of halogens is 1. The van der Waals surface area contributed by atoms with Crippen LogP contribution in [0.2, 0.25) is 0 Å². The number of fused-ring (bicyclic) bond motifs is 1. The molecule has 8 nitrogen and oxygen atoms in total. The van der Waals surface area contributed by atoms with Crippen molar-refractivity contribution in [3.8, 4) is 17.1 Å². The molecule has 0 atom stereocenters. The molecular weight excluding hydrogens is 401 g/mol. The van der Waals surface area contributed by atoms with Crippen LogP contribution in [-0.4, -0.2) is 36.8 Å². The number of rotatable bonds is 5. The van der Waals surface area contributed by atoms with Crippen LogP contribution in [0.3, 0.4) is 0 Å². The molecule has 0 bridgehead atoms. The summed E-state index contributed by atoms with van der Waals surface area (Å²) in [5.74, 6) is -0.201. The van der Waals surface area contributed by atoms with Gasteiger partial charge in [0.05, 0.1) is 16.3 Å². The molecule has 4 rings (SSSR count). The minimum absolute atomic E-state index is 0.0682. The fourth-order valence-corrected chi connectivity index (χ4v) is 3.81. The molecule has 0 aliphatic carbocycles. The van der Waals surface area contributed by atoms with Crippen LogP contribution in [0.15, 0.2) is 51.9 Å². The first kappa shape index (κ1) is 19.1. The zero-order chi connectivity index (χ0) is 20.6. The van der Waals surface area contributed by atoms with Crippen LogP contribution in [0.4, 0.5) is 10.1 Å². The number of hydrogen-bond acceptors (Lipinski definition) is 7. The molecule has 0 radical (unpaired) electrons. The number of ether oxygens (including phenoxy) is 1. The fraction of sp³-hybridized carbons (Fsp3) is 0.211. The standard InChI is InChI=1S/C19H16FN3O5S/c1-2-29(25,26)14-6-7-16-15(9-14)23(18(24)11-27-16)10-17-21-19(22-28-17)12-4-3-5-13(20)8-12/h3-9H,2,10-11H2,1H3. The van der Waals surface area contributed by atoms with Crippen molar-refractivity contribution in [3.05, 3.63) is 54.2 Å². The van der Waals surface area contributed by atoms with Gasteiger partial charge in [-0.3, -0.25) is 9.69 Å². The number of sulfone groups is 1. The molecule has 10 heteroatoms. The minimum atomic E-state index is -3.46. The lowest BCUT2D eigenvalue weighted by molar-refractivity contribution is -0.121. The Labute approximate surface area is 165 Å². The normalized spacial score (nSPS) is 13.9. The third kappa shape index (κ3) is 3.70. The van der Waals surface area contributed by atoms with Gasteiger partial charge in [-0.15, -0.1) is 0 Å². The molecule has 0 spiro atoms. The van der Waals surface area contributed by atoms with Gasteiger partial charge in [-0.2, -0.15) is 4.98 Å². The smallest absolute Gasteiger partial charge is 0.265 e. The molecule has 2 aromatic carbocycles. The van der Waals surface area contributed by atoms with Crippen LogP contribution in [0.1, 0.15) is 12.8 Å². The van der Waals surface area contributed by atoms with Crippen molar-refractivity contribution in [2.45, 2.75) is 18.4 Å². The van der Waals surface area contributed by atoms with Crippen molar-refractivity contribution >= 4 is 21.4 Å². The summed E-state index contributed by atoms with van der Waals surface area (Å²) in [4.78, 5) is 18.1. The highest BCUT2D eigenvalue weighted by Crippen LogP contribution is 2.35. The summed E-state index contributed by atoms with van der Waals surface area (Å²) < 4.78 is 48.4. The van der Waals surface area contributed by atoms with Gasteiger partial charge in [0.1, 0.15) is 18.1 Å². The summed E-state index contributed by atoms with van der Waals surface area (Å²) in [5.41, 5.74) is 0.742. The molecule has 2 heterocycles. The lowest BCUT2D eigenvalue weighted by Gasteiger charge is -2.28. The van der Waals surface area contributed by atoms with Crippen LogP contribution in [0.5, 0.6) is 5.75 Å². The molecule has 0 fully saturated rings. The molecule has 29 heavy (non-hydrogen) atoms. The van der Waals surface area contributed by atoms with E-state index in [4.69, 9.17) is 9.26 Å². The molecule has 1 aromatic heterocycles. The summed E-state index contributed by atoms with van der Waals surface area (Å²) in [7, 11) is -3.46. The Balaban J connectivity index is 1.66. The zero-order valence-electron chi connectivity index (χ0n) is 15.3. The Bertz CT molecular complexity index is 1190. The summed E-state index contributed by atoms with van der Waals surface area (Å²) >= 11 is 0. The van der Waals surface area contributed by atoms with Crippen LogP contribution in [-0.2, 0) is 21.2 Å². The number of nitrogens with zero attached hydrogens (tertiary/aromatic N) is 3. The molecule has 1 amide bonds. The van der Waals surface area contributed by atoms with E-state index in [-0.39, 0.29) is 41.4 Å². The summed E-state index contributed by atoms with van der Waals surface area (Å²) in [5, 5.41) is 3.83. The van der Waals surface area contributed by atoms with Crippen LogP contribution < -0.4 is 9.64 Å². The van der Waals surface area contributed by atoms with Crippen molar-refractivity contribution in [1.82, 2.24) is 10.1 Å². The van der Waals surface area contributed by atoms with E-state index >= 15 is 0 Å². The molecule has 150 valence electrons. The maximum atomic E-state index is 13.4. The second-order valence-corrected chi connectivity index (χ2v) is 8.60. The van der Waals surface area contributed by atoms with E-state index in [0.29, 0.717) is 17.0 Å². The Morgan fingerprint density at radius 1 is 1.21 bits per heavy atom. The van der Waals surface area contributed by atoms with E-state index in [0.717, 1.165) is 0 Å². The van der Waals surface area contributed by atoms with Gasteiger partial charge in [0, 0.05) is 5.56 Å². The van der Waals surface area contributed by atoms with Crippen molar-refractivity contribution in [2.75, 3.05) is 17.3 Å². The molecule has 0 saturated carbocycles. The maximum Gasteiger partial charge on any atom is 0.265 e. The Morgan fingerprint density at radius 2 is 2.03 bits per heavy atom. The molecule has 0 saturated heterocycles. The van der Waals surface area contributed by atoms with Gasteiger partial charge >= 0.3 is 0 Å². The summed E-state index contributed by atoms with van der Waals surface area (Å²) in [6.07, 6.45) is 0. The predicted octanol–water partition coefficient (Wildman–Crippen LogP) is 2.59. The summed E-state index contributed by atoms with van der Waals surface area (Å²) in [6, 6.07) is 10.1. The van der Waals surface area contributed by atoms with Gasteiger partial charge in [0.2, 0.25) is 11.7 Å². The van der Waals surface area contributed by atoms with Crippen LogP contribution >= 0.6 is 0 Å². The lowest BCUT2D eigenvalue weighted by atomic mass is 10.2. The van der Waals surface area contributed by atoms with E-state index < -0.39 is 15.7 Å². The first-order valence-electron chi connectivity index (χ1n) is 8.76. The lowest BCUT2D eigenvalue weighted by Crippen LogP contribution is -2.38. The van der Waals surface area contributed by atoms with Gasteiger partial charge in [0.15, 0.2) is 16.4 Å². The van der Waals surface area contributed by atoms with Gasteiger partial charge in [-0.05, 0) is 30.3 Å². The number of carbonyl (C=O) groups excluding carboxylic acids is 1. The van der Waals surface area contributed by atoms with E-state index in [2.05, 4.69) is 10.1 Å². The maximum absolute atomic E-state index is 13.4. The second-order valence-electron chi connectivity index (χ2n) is 6.32. The first-order valence-corrected chi connectivity index (χ1v) is 10.4. The Kier molecular flexibility index (Phi) is 4.79. The average Bonchev–Trinajstić information content (AvgIpc) is 3.18. The number of carbonyl (C=O) groups is 1. The highest BCUT2D eigenvalue weighted by molar-refractivity contribution is 7.91. The molecule has 0 N–H and O–H groups in total. The monoisotopic (exact) mass is 417 g/mol. The Morgan fingerprint density at radius 3 is 2.79 bits per heavy atom. The van der Waals surface area contributed by atoms with E-state index in [1.165, 1.54) is 41.3 Å². The van der Waals surface area contributed by atoms with Gasteiger partial charge in [-0.1, -0.05) is 24.2 Å². The van der Waals surface area contributed by atoms with Crippen molar-refractivity contribution in [3.63, 3.8) is 0 Å². The minimum Gasteiger partial charge on any atom is -0.482 e. The van der Waals surface area contributed by atoms with Gasteiger partial charge in [-0.25, -0.2) is 12.8 Å². The van der Waals surface area contributed by atoms with Crippen molar-refractivity contribution < 1.29 is 26.9 Å². The first-order chi connectivity index (χ1) is 13.9. The third-order valence-electron chi connectivity index (χ3n) is 4.46. The topological polar surface area (TPSA) is 103 Å². The number of anilines is 1. The van der Waals surface area contributed by atoms with Crippen LogP contribution in [0.25, 0.3) is 11.4 Å². The van der Waals surface area contributed by atoms with Gasteiger partial charge in [0.25, 0.3) is 5.91 Å². The highest BCUT2D eigenvalue weighted by Gasteiger charge is 2.29. The fourth-order valence-electron chi connectivity index (χ4n) is 2.91. The quantitative estimate of drug-likeness (QED) is 0.629. The van der Waals surface area contributed by atoms with Gasteiger partial charge < -0.3 is 9.26 Å². The number of hydrogen-bond donors (Lipinski definition) is 0. The number of aromatic nitrogens is 2. The summed E-state index contributed by atoms with van der Waals surface area (Å²) in [6.45, 7) is 1.27. The van der Waals surface area contributed by atoms with E-state index in [1.807, 2.05) is 0 Å².